The summed E-state index contributed by atoms with van der Waals surface area (Å²) in [5, 5.41) is 3.46. The average Bonchev–Trinajstić information content (AvgIpc) is 2.44. The van der Waals surface area contributed by atoms with Crippen LogP contribution in [-0.4, -0.2) is 24.4 Å². The fourth-order valence-corrected chi connectivity index (χ4v) is 2.35. The van der Waals surface area contributed by atoms with Gasteiger partial charge in [-0.05, 0) is 36.9 Å². The van der Waals surface area contributed by atoms with E-state index in [9.17, 15) is 9.18 Å². The first-order valence-electron chi connectivity index (χ1n) is 6.62. The number of carbonyl (C=O) groups excluding carboxylic acids is 1. The number of carbonyl (C=O) groups is 1. The van der Waals surface area contributed by atoms with Crippen molar-refractivity contribution in [3.05, 3.63) is 63.9 Å². The van der Waals surface area contributed by atoms with Gasteiger partial charge < -0.3 is 5.32 Å². The summed E-state index contributed by atoms with van der Waals surface area (Å²) in [7, 11) is 1.79. The van der Waals surface area contributed by atoms with Crippen molar-refractivity contribution in [3.63, 3.8) is 0 Å². The number of hydrogen-bond donors (Lipinski definition) is 1. The largest absolute Gasteiger partial charge is 0.322 e. The van der Waals surface area contributed by atoms with Gasteiger partial charge in [0.05, 0.1) is 12.2 Å². The molecule has 0 heterocycles. The van der Waals surface area contributed by atoms with E-state index < -0.39 is 5.82 Å². The molecule has 0 bridgehead atoms. The van der Waals surface area contributed by atoms with Gasteiger partial charge >= 0.3 is 0 Å². The van der Waals surface area contributed by atoms with Gasteiger partial charge in [-0.15, -0.1) is 0 Å². The van der Waals surface area contributed by atoms with Crippen LogP contribution in [0.4, 0.5) is 10.1 Å². The maximum Gasteiger partial charge on any atom is 0.238 e. The van der Waals surface area contributed by atoms with E-state index in [0.717, 1.165) is 11.6 Å². The first-order valence-corrected chi connectivity index (χ1v) is 7.38. The third kappa shape index (κ3) is 4.70. The smallest absolute Gasteiger partial charge is 0.238 e. The monoisotopic (exact) mass is 340 g/mol. The van der Waals surface area contributed by atoms with Gasteiger partial charge in [0.1, 0.15) is 5.82 Å². The molecule has 0 aliphatic carbocycles. The van der Waals surface area contributed by atoms with E-state index in [-0.39, 0.29) is 23.2 Å². The van der Waals surface area contributed by atoms with Crippen molar-refractivity contribution in [3.8, 4) is 0 Å². The molecule has 1 amide bonds. The molecule has 0 radical (unpaired) electrons. The van der Waals surface area contributed by atoms with Crippen LogP contribution in [-0.2, 0) is 11.3 Å². The Labute approximate surface area is 138 Å². The molecule has 2 rings (SSSR count). The highest BCUT2D eigenvalue weighted by atomic mass is 35.5. The summed E-state index contributed by atoms with van der Waals surface area (Å²) in [5.74, 6) is -0.870. The van der Waals surface area contributed by atoms with Gasteiger partial charge in [0, 0.05) is 16.6 Å². The molecule has 22 heavy (non-hydrogen) atoms. The van der Waals surface area contributed by atoms with E-state index in [1.165, 1.54) is 12.1 Å². The van der Waals surface area contributed by atoms with Crippen LogP contribution in [0.25, 0.3) is 0 Å². The van der Waals surface area contributed by atoms with Crippen molar-refractivity contribution in [2.24, 2.45) is 0 Å². The molecule has 6 heteroatoms. The quantitative estimate of drug-likeness (QED) is 0.884. The zero-order valence-corrected chi connectivity index (χ0v) is 13.5. The van der Waals surface area contributed by atoms with Crippen molar-refractivity contribution in [2.75, 3.05) is 18.9 Å². The highest BCUT2D eigenvalue weighted by Gasteiger charge is 2.11. The van der Waals surface area contributed by atoms with Gasteiger partial charge in [-0.2, -0.15) is 0 Å². The van der Waals surface area contributed by atoms with Crippen LogP contribution in [0.1, 0.15) is 5.56 Å². The summed E-state index contributed by atoms with van der Waals surface area (Å²) in [5.41, 5.74) is 1.04. The second kappa shape index (κ2) is 7.58. The van der Waals surface area contributed by atoms with Crippen LogP contribution in [0.3, 0.4) is 0 Å². The predicted octanol–water partition coefficient (Wildman–Crippen LogP) is 4.20. The Balaban J connectivity index is 1.93. The number of halogens is 3. The van der Waals surface area contributed by atoms with Crippen molar-refractivity contribution >= 4 is 34.8 Å². The molecule has 2 aromatic carbocycles. The summed E-state index contributed by atoms with van der Waals surface area (Å²) in [6.45, 7) is 0.642. The Kier molecular flexibility index (Phi) is 5.77. The van der Waals surface area contributed by atoms with E-state index in [1.807, 2.05) is 18.2 Å². The van der Waals surface area contributed by atoms with Gasteiger partial charge in [0.15, 0.2) is 0 Å². The first kappa shape index (κ1) is 16.7. The molecule has 0 aliphatic rings. The normalized spacial score (nSPS) is 10.8. The Morgan fingerprint density at radius 2 is 1.95 bits per heavy atom. The Hall–Kier alpha value is -1.62. The average molecular weight is 341 g/mol. The van der Waals surface area contributed by atoms with Crippen LogP contribution >= 0.6 is 23.2 Å². The van der Waals surface area contributed by atoms with E-state index in [4.69, 9.17) is 23.2 Å². The minimum Gasteiger partial charge on any atom is -0.322 e. The summed E-state index contributed by atoms with van der Waals surface area (Å²) < 4.78 is 13.6. The molecule has 3 nitrogen and oxygen atoms in total. The third-order valence-corrected chi connectivity index (χ3v) is 3.62. The summed E-state index contributed by atoms with van der Waals surface area (Å²) >= 11 is 11.8. The van der Waals surface area contributed by atoms with Crippen molar-refractivity contribution in [2.45, 2.75) is 6.54 Å². The SMILES string of the molecule is CN(CC(=O)Nc1ccc(Cl)cc1F)Cc1ccccc1Cl. The van der Waals surface area contributed by atoms with E-state index in [1.54, 1.807) is 18.0 Å². The number of nitrogens with one attached hydrogen (secondary N) is 1. The lowest BCUT2D eigenvalue weighted by Gasteiger charge is -2.17. The van der Waals surface area contributed by atoms with Crippen LogP contribution in [0.15, 0.2) is 42.5 Å². The lowest BCUT2D eigenvalue weighted by Crippen LogP contribution is -2.30. The molecule has 0 atom stereocenters. The highest BCUT2D eigenvalue weighted by Crippen LogP contribution is 2.19. The summed E-state index contributed by atoms with van der Waals surface area (Å²) in [4.78, 5) is 13.7. The molecule has 0 aliphatic heterocycles. The van der Waals surface area contributed by atoms with Crippen LogP contribution in [0.2, 0.25) is 10.0 Å². The fraction of sp³-hybridized carbons (Fsp3) is 0.188. The number of nitrogens with zero attached hydrogens (tertiary/aromatic N) is 1. The topological polar surface area (TPSA) is 32.3 Å². The van der Waals surface area contributed by atoms with Crippen LogP contribution < -0.4 is 5.32 Å². The Morgan fingerprint density at radius 1 is 1.23 bits per heavy atom. The summed E-state index contributed by atoms with van der Waals surface area (Å²) in [6.07, 6.45) is 0. The number of benzene rings is 2. The van der Waals surface area contributed by atoms with E-state index >= 15 is 0 Å². The standard InChI is InChI=1S/C16H15Cl2FN2O/c1-21(9-11-4-2-3-5-13(11)18)10-16(22)20-15-7-6-12(17)8-14(15)19/h2-8H,9-10H2,1H3,(H,20,22). The van der Waals surface area contributed by atoms with Gasteiger partial charge in [-0.25, -0.2) is 4.39 Å². The zero-order chi connectivity index (χ0) is 16.1. The number of anilines is 1. The van der Waals surface area contributed by atoms with Crippen molar-refractivity contribution < 1.29 is 9.18 Å². The molecule has 2 aromatic rings. The fourth-order valence-electron chi connectivity index (χ4n) is 2.00. The second-order valence-electron chi connectivity index (χ2n) is 4.94. The van der Waals surface area contributed by atoms with E-state index in [0.29, 0.717) is 11.6 Å². The second-order valence-corrected chi connectivity index (χ2v) is 5.78. The predicted molar refractivity (Wildman–Crippen MR) is 87.8 cm³/mol. The molecule has 0 unspecified atom stereocenters. The molecular weight excluding hydrogens is 326 g/mol. The molecule has 0 saturated carbocycles. The maximum atomic E-state index is 13.6. The van der Waals surface area contributed by atoms with Crippen molar-refractivity contribution in [1.82, 2.24) is 4.90 Å². The zero-order valence-electron chi connectivity index (χ0n) is 11.9. The van der Waals surface area contributed by atoms with Gasteiger partial charge in [0.2, 0.25) is 5.91 Å². The number of amides is 1. The van der Waals surface area contributed by atoms with Crippen molar-refractivity contribution in [1.29, 1.82) is 0 Å². The number of rotatable bonds is 5. The minimum atomic E-state index is -0.561. The Morgan fingerprint density at radius 3 is 2.64 bits per heavy atom. The highest BCUT2D eigenvalue weighted by molar-refractivity contribution is 6.31. The summed E-state index contributed by atoms with van der Waals surface area (Å²) in [6, 6.07) is 11.5. The van der Waals surface area contributed by atoms with Crippen LogP contribution in [0.5, 0.6) is 0 Å². The molecule has 116 valence electrons. The third-order valence-electron chi connectivity index (χ3n) is 3.02. The van der Waals surface area contributed by atoms with Crippen LogP contribution in [0, 0.1) is 5.82 Å². The lowest BCUT2D eigenvalue weighted by molar-refractivity contribution is -0.117. The number of hydrogen-bond acceptors (Lipinski definition) is 2. The molecular formula is C16H15Cl2FN2O. The first-order chi connectivity index (χ1) is 10.5. The van der Waals surface area contributed by atoms with Gasteiger partial charge in [0.25, 0.3) is 0 Å². The van der Waals surface area contributed by atoms with Gasteiger partial charge in [-0.1, -0.05) is 41.4 Å². The molecule has 1 N–H and O–H groups in total. The van der Waals surface area contributed by atoms with E-state index in [2.05, 4.69) is 5.32 Å². The number of likely N-dealkylation sites (N-methyl/N-ethyl adjacent to an activating group) is 1. The minimum absolute atomic E-state index is 0.112. The molecule has 0 spiro atoms. The maximum absolute atomic E-state index is 13.6. The molecule has 0 fully saturated rings. The molecule has 0 aromatic heterocycles. The Bertz CT molecular complexity index is 679. The lowest BCUT2D eigenvalue weighted by atomic mass is 10.2. The molecule has 0 saturated heterocycles. The van der Waals surface area contributed by atoms with Gasteiger partial charge in [-0.3, -0.25) is 9.69 Å².